The third-order valence-corrected chi connectivity index (χ3v) is 10.3. The van der Waals surface area contributed by atoms with Crippen molar-refractivity contribution in [3.63, 3.8) is 0 Å². The molecule has 6 rings (SSSR count). The number of morpholine rings is 1. The Morgan fingerprint density at radius 3 is 2.43 bits per heavy atom. The number of aryl methyl sites for hydroxylation is 1. The van der Waals surface area contributed by atoms with Gasteiger partial charge in [0.2, 0.25) is 11.9 Å². The fourth-order valence-corrected chi connectivity index (χ4v) is 7.21. The molecule has 2 bridgehead atoms. The largest absolute Gasteiger partial charge is 0.391 e. The van der Waals surface area contributed by atoms with E-state index in [1.165, 1.54) is 0 Å². The monoisotopic (exact) mass is 694 g/mol. The molecule has 14 heteroatoms. The number of amides is 2. The van der Waals surface area contributed by atoms with Gasteiger partial charge in [0.25, 0.3) is 5.91 Å². The van der Waals surface area contributed by atoms with Gasteiger partial charge in [-0.3, -0.25) is 9.59 Å². The minimum Gasteiger partial charge on any atom is -0.374 e. The first-order valence-electron chi connectivity index (χ1n) is 15.9. The summed E-state index contributed by atoms with van der Waals surface area (Å²) >= 11 is 13.4. The second kappa shape index (κ2) is 12.7. The molecule has 2 atom stereocenters. The number of hydrogen-bond donors (Lipinski definition) is 3. The molecule has 0 unspecified atom stereocenters. The van der Waals surface area contributed by atoms with Crippen molar-refractivity contribution >= 4 is 63.4 Å². The summed E-state index contributed by atoms with van der Waals surface area (Å²) in [5.74, 6) is -1.35. The molecule has 2 amide bonds. The number of anilines is 3. The molecule has 2 aromatic carbocycles. The predicted molar refractivity (Wildman–Crippen MR) is 177 cm³/mol. The molecule has 1 saturated carbocycles. The predicted octanol–water partition coefficient (Wildman–Crippen LogP) is 7.11. The molecule has 0 spiro atoms. The number of ether oxygens (including phenoxy) is 1. The molecule has 1 aromatic heterocycles. The number of aromatic nitrogens is 2. The molecular weight excluding hydrogens is 656 g/mol. The molecule has 3 aliphatic rings. The molecular formula is C33H39Cl2F3N6O3. The fraction of sp³-hybridized carbons (Fsp3) is 0.545. The van der Waals surface area contributed by atoms with Crippen LogP contribution in [0.2, 0.25) is 10.0 Å². The lowest BCUT2D eigenvalue weighted by atomic mass is 9.85. The average Bonchev–Trinajstić information content (AvgIpc) is 3.72. The second-order valence-electron chi connectivity index (χ2n) is 13.9. The topological polar surface area (TPSA) is 101 Å². The Kier molecular flexibility index (Phi) is 9.08. The molecule has 0 radical (unpaired) electrons. The summed E-state index contributed by atoms with van der Waals surface area (Å²) in [6.07, 6.45) is -2.73. The summed E-state index contributed by atoms with van der Waals surface area (Å²) in [4.78, 5) is 33.2. The van der Waals surface area contributed by atoms with E-state index in [0.717, 1.165) is 17.6 Å². The van der Waals surface area contributed by atoms with E-state index in [1.807, 2.05) is 38.5 Å². The van der Waals surface area contributed by atoms with E-state index >= 15 is 0 Å². The Morgan fingerprint density at radius 2 is 1.81 bits per heavy atom. The van der Waals surface area contributed by atoms with Crippen LogP contribution < -0.4 is 20.9 Å². The van der Waals surface area contributed by atoms with Crippen LogP contribution in [-0.4, -0.2) is 58.9 Å². The Morgan fingerprint density at radius 1 is 1.09 bits per heavy atom. The minimum atomic E-state index is -4.22. The first-order chi connectivity index (χ1) is 22.1. The average molecular weight is 696 g/mol. The Bertz CT molecular complexity index is 1700. The molecule has 3 fully saturated rings. The second-order valence-corrected chi connectivity index (χ2v) is 14.7. The molecule has 3 N–H and O–H groups in total. The summed E-state index contributed by atoms with van der Waals surface area (Å²) in [6, 6.07) is 6.91. The van der Waals surface area contributed by atoms with Crippen LogP contribution in [-0.2, 0) is 23.1 Å². The van der Waals surface area contributed by atoms with E-state index in [2.05, 4.69) is 20.9 Å². The SMILES string of the molecule is Cn1c(Nc2c(Cl)ccc(CNC(=O)C(C)(C)C)c2Cl)nc2cc(C(=O)NC3CCC(C(F)(F)F)CC3)c(N3C[C@@H]4C[C@@H]3CO4)cc21. The van der Waals surface area contributed by atoms with Crippen molar-refractivity contribution in [2.45, 2.75) is 83.8 Å². The van der Waals surface area contributed by atoms with Crippen LogP contribution in [0, 0.1) is 11.3 Å². The number of hydrogen-bond acceptors (Lipinski definition) is 6. The molecule has 2 saturated heterocycles. The van der Waals surface area contributed by atoms with Crippen molar-refractivity contribution in [1.82, 2.24) is 20.2 Å². The van der Waals surface area contributed by atoms with E-state index in [1.54, 1.807) is 18.2 Å². The number of fused-ring (bicyclic) bond motifs is 3. The van der Waals surface area contributed by atoms with Gasteiger partial charge in [-0.1, -0.05) is 50.0 Å². The number of carbonyl (C=O) groups is 2. The van der Waals surface area contributed by atoms with Crippen LogP contribution in [0.3, 0.4) is 0 Å². The molecule has 9 nitrogen and oxygen atoms in total. The zero-order valence-electron chi connectivity index (χ0n) is 26.7. The molecule has 3 aromatic rings. The number of halogens is 5. The van der Waals surface area contributed by atoms with Crippen LogP contribution in [0.1, 0.15) is 68.8 Å². The van der Waals surface area contributed by atoms with Crippen molar-refractivity contribution in [2.75, 3.05) is 23.4 Å². The Labute approximate surface area is 281 Å². The summed E-state index contributed by atoms with van der Waals surface area (Å²) in [7, 11) is 1.84. The lowest BCUT2D eigenvalue weighted by Gasteiger charge is -2.32. The summed E-state index contributed by atoms with van der Waals surface area (Å²) in [5, 5.41) is 9.87. The van der Waals surface area contributed by atoms with E-state index < -0.39 is 17.5 Å². The molecule has 254 valence electrons. The summed E-state index contributed by atoms with van der Waals surface area (Å²) < 4.78 is 47.4. The van der Waals surface area contributed by atoms with Crippen LogP contribution >= 0.6 is 23.2 Å². The van der Waals surface area contributed by atoms with Gasteiger partial charge in [-0.25, -0.2) is 4.98 Å². The maximum atomic E-state index is 13.8. The minimum absolute atomic E-state index is 0.00188. The van der Waals surface area contributed by atoms with Gasteiger partial charge in [-0.05, 0) is 55.9 Å². The summed E-state index contributed by atoms with van der Waals surface area (Å²) in [5.41, 5.74) is 3.00. The number of benzene rings is 2. The molecule has 1 aliphatic carbocycles. The van der Waals surface area contributed by atoms with Gasteiger partial charge in [0.15, 0.2) is 0 Å². The smallest absolute Gasteiger partial charge is 0.374 e. The van der Waals surface area contributed by atoms with Gasteiger partial charge in [-0.2, -0.15) is 13.2 Å². The number of nitrogens with zero attached hydrogens (tertiary/aromatic N) is 3. The van der Waals surface area contributed by atoms with E-state index in [0.29, 0.717) is 51.5 Å². The van der Waals surface area contributed by atoms with E-state index in [9.17, 15) is 22.8 Å². The van der Waals surface area contributed by atoms with Gasteiger partial charge in [-0.15, -0.1) is 0 Å². The maximum absolute atomic E-state index is 13.8. The zero-order chi connectivity index (χ0) is 33.8. The van der Waals surface area contributed by atoms with Gasteiger partial charge < -0.3 is 30.2 Å². The van der Waals surface area contributed by atoms with E-state index in [4.69, 9.17) is 32.9 Å². The lowest BCUT2D eigenvalue weighted by molar-refractivity contribution is -0.182. The van der Waals surface area contributed by atoms with Crippen LogP contribution in [0.15, 0.2) is 24.3 Å². The number of alkyl halides is 3. The van der Waals surface area contributed by atoms with Crippen LogP contribution in [0.25, 0.3) is 11.0 Å². The van der Waals surface area contributed by atoms with Gasteiger partial charge in [0.05, 0.1) is 62.7 Å². The van der Waals surface area contributed by atoms with Crippen LogP contribution in [0.5, 0.6) is 0 Å². The van der Waals surface area contributed by atoms with Gasteiger partial charge in [0, 0.05) is 31.6 Å². The highest BCUT2D eigenvalue weighted by molar-refractivity contribution is 6.39. The lowest BCUT2D eigenvalue weighted by Crippen LogP contribution is -2.42. The number of carbonyl (C=O) groups excluding carboxylic acids is 2. The third-order valence-electron chi connectivity index (χ3n) is 9.51. The maximum Gasteiger partial charge on any atom is 0.391 e. The van der Waals surface area contributed by atoms with Crippen molar-refractivity contribution in [2.24, 2.45) is 18.4 Å². The summed E-state index contributed by atoms with van der Waals surface area (Å²) in [6.45, 7) is 6.90. The van der Waals surface area contributed by atoms with Crippen molar-refractivity contribution < 1.29 is 27.5 Å². The number of imidazole rings is 1. The van der Waals surface area contributed by atoms with Crippen molar-refractivity contribution in [1.29, 1.82) is 0 Å². The number of rotatable bonds is 7. The van der Waals surface area contributed by atoms with Gasteiger partial charge >= 0.3 is 6.18 Å². The Balaban J connectivity index is 1.29. The highest BCUT2D eigenvalue weighted by atomic mass is 35.5. The quantitative estimate of drug-likeness (QED) is 0.244. The van der Waals surface area contributed by atoms with Gasteiger partial charge in [0.1, 0.15) is 0 Å². The molecule has 3 heterocycles. The standard InChI is InChI=1S/C33H39Cl2F3N6O3/c1-32(2,3)30(46)39-14-17-5-10-23(34)28(27(17)35)42-31-41-24-12-22(29(45)40-19-8-6-18(7-9-19)33(36,37)38)25(13-26(24)43(31)4)44-15-21-11-20(44)16-47-21/h5,10,12-13,18-21H,6-9,11,14-16H2,1-4H3,(H,39,46)(H,40,45)(H,41,42)/t18?,19?,20-,21+/m1/s1. The zero-order valence-corrected chi connectivity index (χ0v) is 28.2. The third kappa shape index (κ3) is 6.87. The highest BCUT2D eigenvalue weighted by Crippen LogP contribution is 2.40. The van der Waals surface area contributed by atoms with Crippen molar-refractivity contribution in [3.8, 4) is 0 Å². The first kappa shape index (κ1) is 33.7. The molecule has 47 heavy (non-hydrogen) atoms. The van der Waals surface area contributed by atoms with E-state index in [-0.39, 0.29) is 62.2 Å². The fourth-order valence-electron chi connectivity index (χ4n) is 6.68. The molecule has 2 aliphatic heterocycles. The normalized spacial score (nSPS) is 23.0. The van der Waals surface area contributed by atoms with Crippen LogP contribution in [0.4, 0.5) is 30.5 Å². The Hall–Kier alpha value is -3.22. The number of nitrogens with one attached hydrogen (secondary N) is 3. The highest BCUT2D eigenvalue weighted by Gasteiger charge is 2.43. The first-order valence-corrected chi connectivity index (χ1v) is 16.6. The van der Waals surface area contributed by atoms with Crippen molar-refractivity contribution in [3.05, 3.63) is 45.4 Å².